The quantitative estimate of drug-likeness (QED) is 0.400. The van der Waals surface area contributed by atoms with E-state index in [1.165, 1.54) is 10.6 Å². The first kappa shape index (κ1) is 21.5. The van der Waals surface area contributed by atoms with Crippen molar-refractivity contribution < 1.29 is 9.32 Å². The van der Waals surface area contributed by atoms with E-state index in [9.17, 15) is 9.59 Å². The zero-order valence-electron chi connectivity index (χ0n) is 17.8. The fourth-order valence-electron chi connectivity index (χ4n) is 3.64. The molecular formula is C25H18ClN5O3. The highest BCUT2D eigenvalue weighted by atomic mass is 35.5. The molecular weight excluding hydrogens is 454 g/mol. The Balaban J connectivity index is 1.45. The third-order valence-electron chi connectivity index (χ3n) is 5.30. The third-order valence-corrected chi connectivity index (χ3v) is 5.67. The average Bonchev–Trinajstić information content (AvgIpc) is 3.36. The number of pyridine rings is 2. The van der Waals surface area contributed by atoms with Crippen molar-refractivity contribution in [3.63, 3.8) is 0 Å². The number of carbonyl (C=O) groups excluding carboxylic acids is 1. The average molecular weight is 472 g/mol. The summed E-state index contributed by atoms with van der Waals surface area (Å²) >= 11 is 6.16. The second kappa shape index (κ2) is 9.29. The number of fused-ring (bicyclic) bond motifs is 1. The Labute approximate surface area is 198 Å². The maximum Gasteiger partial charge on any atom is 0.259 e. The van der Waals surface area contributed by atoms with Crippen LogP contribution in [0.1, 0.15) is 5.56 Å². The zero-order valence-corrected chi connectivity index (χ0v) is 18.6. The van der Waals surface area contributed by atoms with E-state index in [0.29, 0.717) is 33.0 Å². The van der Waals surface area contributed by atoms with Crippen molar-refractivity contribution in [2.45, 2.75) is 13.1 Å². The van der Waals surface area contributed by atoms with Crippen molar-refractivity contribution in [3.05, 3.63) is 99.9 Å². The van der Waals surface area contributed by atoms with E-state index in [0.717, 1.165) is 5.56 Å². The van der Waals surface area contributed by atoms with Gasteiger partial charge in [-0.1, -0.05) is 59.2 Å². The minimum Gasteiger partial charge on any atom is -0.350 e. The van der Waals surface area contributed by atoms with E-state index in [1.54, 1.807) is 36.5 Å². The van der Waals surface area contributed by atoms with E-state index < -0.39 is 0 Å². The normalized spacial score (nSPS) is 11.0. The van der Waals surface area contributed by atoms with E-state index in [2.05, 4.69) is 20.4 Å². The van der Waals surface area contributed by atoms with Crippen molar-refractivity contribution >= 4 is 28.4 Å². The molecule has 0 spiro atoms. The molecule has 0 atom stereocenters. The molecule has 9 heteroatoms. The van der Waals surface area contributed by atoms with Gasteiger partial charge in [0.2, 0.25) is 11.7 Å². The summed E-state index contributed by atoms with van der Waals surface area (Å²) in [5.74, 6) is 0.210. The lowest BCUT2D eigenvalue weighted by atomic mass is 10.1. The van der Waals surface area contributed by atoms with Crippen molar-refractivity contribution in [2.75, 3.05) is 0 Å². The molecule has 0 bridgehead atoms. The van der Waals surface area contributed by atoms with Gasteiger partial charge in [0.15, 0.2) is 0 Å². The number of halogens is 1. The van der Waals surface area contributed by atoms with Crippen LogP contribution in [0.3, 0.4) is 0 Å². The van der Waals surface area contributed by atoms with Crippen LogP contribution in [0.2, 0.25) is 5.02 Å². The largest absolute Gasteiger partial charge is 0.350 e. The zero-order chi connectivity index (χ0) is 23.5. The fourth-order valence-corrected chi connectivity index (χ4v) is 3.84. The van der Waals surface area contributed by atoms with Crippen LogP contribution in [-0.4, -0.2) is 25.6 Å². The molecule has 1 amide bonds. The molecule has 0 aliphatic heterocycles. The van der Waals surface area contributed by atoms with Gasteiger partial charge in [0.05, 0.1) is 11.1 Å². The number of nitrogens with one attached hydrogen (secondary N) is 1. The van der Waals surface area contributed by atoms with Gasteiger partial charge in [0, 0.05) is 29.2 Å². The molecule has 0 saturated carbocycles. The van der Waals surface area contributed by atoms with E-state index in [-0.39, 0.29) is 30.4 Å². The SMILES string of the molecule is O=C(Cn1c(=O)cc(-c2nc(-c3ccccn3)no2)c2ccccc21)NCc1ccccc1Cl. The summed E-state index contributed by atoms with van der Waals surface area (Å²) in [5, 5.41) is 8.09. The van der Waals surface area contributed by atoms with Crippen LogP contribution in [0.4, 0.5) is 0 Å². The molecule has 34 heavy (non-hydrogen) atoms. The van der Waals surface area contributed by atoms with Gasteiger partial charge in [-0.2, -0.15) is 4.98 Å². The molecule has 0 saturated heterocycles. The summed E-state index contributed by atoms with van der Waals surface area (Å²) in [7, 11) is 0. The van der Waals surface area contributed by atoms with Crippen LogP contribution in [-0.2, 0) is 17.9 Å². The van der Waals surface area contributed by atoms with Crippen molar-refractivity contribution in [1.82, 2.24) is 25.0 Å². The molecule has 2 aromatic carbocycles. The lowest BCUT2D eigenvalue weighted by Crippen LogP contribution is -2.32. The first-order valence-electron chi connectivity index (χ1n) is 10.5. The number of hydrogen-bond donors (Lipinski definition) is 1. The summed E-state index contributed by atoms with van der Waals surface area (Å²) in [5.41, 5.74) is 2.06. The first-order valence-corrected chi connectivity index (χ1v) is 10.9. The van der Waals surface area contributed by atoms with Gasteiger partial charge in [-0.25, -0.2) is 0 Å². The number of nitrogens with zero attached hydrogens (tertiary/aromatic N) is 4. The second-order valence-corrected chi connectivity index (χ2v) is 7.91. The summed E-state index contributed by atoms with van der Waals surface area (Å²) in [6, 6.07) is 21.3. The van der Waals surface area contributed by atoms with Crippen molar-refractivity contribution in [1.29, 1.82) is 0 Å². The van der Waals surface area contributed by atoms with Gasteiger partial charge in [0.1, 0.15) is 12.2 Å². The lowest BCUT2D eigenvalue weighted by Gasteiger charge is -2.12. The smallest absolute Gasteiger partial charge is 0.259 e. The molecule has 0 aliphatic rings. The molecule has 0 radical (unpaired) electrons. The molecule has 3 aromatic heterocycles. The highest BCUT2D eigenvalue weighted by Gasteiger charge is 2.18. The minimum atomic E-state index is -0.362. The van der Waals surface area contributed by atoms with Crippen LogP contribution >= 0.6 is 11.6 Å². The minimum absolute atomic E-state index is 0.146. The summed E-state index contributed by atoms with van der Waals surface area (Å²) in [6.45, 7) is 0.120. The molecule has 5 rings (SSSR count). The number of para-hydroxylation sites is 1. The maximum absolute atomic E-state index is 13.0. The van der Waals surface area contributed by atoms with E-state index in [4.69, 9.17) is 16.1 Å². The fraction of sp³-hybridized carbons (Fsp3) is 0.0800. The monoisotopic (exact) mass is 471 g/mol. The van der Waals surface area contributed by atoms with Gasteiger partial charge in [0.25, 0.3) is 11.4 Å². The van der Waals surface area contributed by atoms with Crippen LogP contribution in [0.15, 0.2) is 88.3 Å². The Bertz CT molecular complexity index is 1550. The van der Waals surface area contributed by atoms with Gasteiger partial charge in [-0.15, -0.1) is 0 Å². The summed E-state index contributed by atoms with van der Waals surface area (Å²) < 4.78 is 6.86. The van der Waals surface area contributed by atoms with Crippen LogP contribution < -0.4 is 10.9 Å². The second-order valence-electron chi connectivity index (χ2n) is 7.51. The maximum atomic E-state index is 13.0. The van der Waals surface area contributed by atoms with Gasteiger partial charge >= 0.3 is 0 Å². The molecule has 168 valence electrons. The number of carbonyl (C=O) groups is 1. The molecule has 1 N–H and O–H groups in total. The first-order chi connectivity index (χ1) is 16.6. The van der Waals surface area contributed by atoms with Gasteiger partial charge in [-0.3, -0.25) is 19.1 Å². The number of rotatable bonds is 6. The Morgan fingerprint density at radius 2 is 1.82 bits per heavy atom. The lowest BCUT2D eigenvalue weighted by molar-refractivity contribution is -0.121. The number of aromatic nitrogens is 4. The van der Waals surface area contributed by atoms with Crippen molar-refractivity contribution in [2.24, 2.45) is 0 Å². The Morgan fingerprint density at radius 1 is 1.03 bits per heavy atom. The van der Waals surface area contributed by atoms with Crippen LogP contribution in [0, 0.1) is 0 Å². The third kappa shape index (κ3) is 4.31. The molecule has 5 aromatic rings. The number of benzene rings is 2. The topological polar surface area (TPSA) is 103 Å². The summed E-state index contributed by atoms with van der Waals surface area (Å²) in [4.78, 5) is 34.3. The highest BCUT2D eigenvalue weighted by Crippen LogP contribution is 2.27. The van der Waals surface area contributed by atoms with Crippen molar-refractivity contribution in [3.8, 4) is 23.0 Å². The predicted octanol–water partition coefficient (Wildman–Crippen LogP) is 4.08. The Kier molecular flexibility index (Phi) is 5.88. The van der Waals surface area contributed by atoms with Crippen LogP contribution in [0.25, 0.3) is 33.9 Å². The van der Waals surface area contributed by atoms with Gasteiger partial charge < -0.3 is 9.84 Å². The molecule has 0 fully saturated rings. The molecule has 0 aliphatic carbocycles. The molecule has 0 unspecified atom stereocenters. The molecule has 8 nitrogen and oxygen atoms in total. The van der Waals surface area contributed by atoms with Crippen LogP contribution in [0.5, 0.6) is 0 Å². The Morgan fingerprint density at radius 3 is 2.65 bits per heavy atom. The number of hydrogen-bond acceptors (Lipinski definition) is 6. The Hall–Kier alpha value is -4.30. The molecule has 3 heterocycles. The summed E-state index contributed by atoms with van der Waals surface area (Å²) in [6.07, 6.45) is 1.64. The number of amides is 1. The van der Waals surface area contributed by atoms with E-state index in [1.807, 2.05) is 36.4 Å². The highest BCUT2D eigenvalue weighted by molar-refractivity contribution is 6.31. The predicted molar refractivity (Wildman–Crippen MR) is 128 cm³/mol. The van der Waals surface area contributed by atoms with E-state index >= 15 is 0 Å². The standard InChI is InChI=1S/C25H18ClN5O3/c26-19-9-3-1-7-16(19)14-28-22(32)15-31-21-11-4-2-8-17(21)18(13-23(31)33)25-29-24(30-34-25)20-10-5-6-12-27-20/h1-13H,14-15H2,(H,28,32). The van der Waals surface area contributed by atoms with Gasteiger partial charge in [-0.05, 0) is 29.8 Å².